The van der Waals surface area contributed by atoms with Crippen LogP contribution in [0.1, 0.15) is 36.7 Å². The van der Waals surface area contributed by atoms with E-state index in [4.69, 9.17) is 18.9 Å². The number of ether oxygens (including phenoxy) is 4. The molecule has 34 heavy (non-hydrogen) atoms. The van der Waals surface area contributed by atoms with Gasteiger partial charge in [-0.3, -0.25) is 5.32 Å². The summed E-state index contributed by atoms with van der Waals surface area (Å²) in [6.45, 7) is 4.94. The van der Waals surface area contributed by atoms with Gasteiger partial charge in [-0.15, -0.1) is 11.3 Å². The Morgan fingerprint density at radius 2 is 1.74 bits per heavy atom. The molecular weight excluding hydrogens is 461 g/mol. The van der Waals surface area contributed by atoms with Crippen molar-refractivity contribution in [1.29, 1.82) is 0 Å². The van der Waals surface area contributed by atoms with Crippen molar-refractivity contribution in [3.63, 3.8) is 0 Å². The summed E-state index contributed by atoms with van der Waals surface area (Å²) in [5.41, 5.74) is 0.790. The number of amides is 1. The minimum atomic E-state index is -0.723. The van der Waals surface area contributed by atoms with Crippen molar-refractivity contribution in [2.24, 2.45) is 0 Å². The lowest BCUT2D eigenvalue weighted by Gasteiger charge is -2.19. The fourth-order valence-electron chi connectivity index (χ4n) is 3.10. The number of hydrogen-bond donors (Lipinski definition) is 1. The monoisotopic (exact) mass is 487 g/mol. The maximum absolute atomic E-state index is 14.0. The standard InChI is InChI=1S/C25H26FNO6S/c1-25(2,3)33-24(29)27-22-21(23(28)32-13-16-8-6-7-9-18(16)26)17(14-34-22)15-10-11-19(30-4)20(12-15)31-5/h6-12,14H,13H2,1-5H3,(H,27,29). The van der Waals surface area contributed by atoms with Crippen LogP contribution in [0.15, 0.2) is 47.8 Å². The van der Waals surface area contributed by atoms with Gasteiger partial charge in [0.2, 0.25) is 0 Å². The van der Waals surface area contributed by atoms with Gasteiger partial charge in [0.1, 0.15) is 28.6 Å². The van der Waals surface area contributed by atoms with E-state index in [-0.39, 0.29) is 22.7 Å². The Labute approximate surface area is 201 Å². The predicted molar refractivity (Wildman–Crippen MR) is 128 cm³/mol. The number of rotatable bonds is 7. The predicted octanol–water partition coefficient (Wildman–Crippen LogP) is 6.28. The Morgan fingerprint density at radius 1 is 1.03 bits per heavy atom. The van der Waals surface area contributed by atoms with Gasteiger partial charge < -0.3 is 18.9 Å². The molecule has 0 bridgehead atoms. The normalized spacial score (nSPS) is 11.0. The van der Waals surface area contributed by atoms with Crippen molar-refractivity contribution in [3.05, 3.63) is 64.8 Å². The van der Waals surface area contributed by atoms with E-state index in [0.717, 1.165) is 11.3 Å². The molecule has 0 radical (unpaired) electrons. The van der Waals surface area contributed by atoms with E-state index >= 15 is 0 Å². The maximum Gasteiger partial charge on any atom is 0.412 e. The van der Waals surface area contributed by atoms with E-state index in [2.05, 4.69) is 5.32 Å². The lowest BCUT2D eigenvalue weighted by Crippen LogP contribution is -2.27. The van der Waals surface area contributed by atoms with Crippen molar-refractivity contribution in [1.82, 2.24) is 0 Å². The first kappa shape index (κ1) is 25.0. The topological polar surface area (TPSA) is 83.1 Å². The first-order valence-electron chi connectivity index (χ1n) is 10.4. The van der Waals surface area contributed by atoms with Gasteiger partial charge in [0.25, 0.3) is 0 Å². The molecule has 0 aliphatic rings. The summed E-state index contributed by atoms with van der Waals surface area (Å²) in [6.07, 6.45) is -0.712. The Hall–Kier alpha value is -3.59. The second kappa shape index (κ2) is 10.6. The van der Waals surface area contributed by atoms with E-state index in [1.165, 1.54) is 26.4 Å². The Bertz CT molecular complexity index is 1180. The SMILES string of the molecule is COc1ccc(-c2csc(NC(=O)OC(C)(C)C)c2C(=O)OCc2ccccc2F)cc1OC. The van der Waals surface area contributed by atoms with E-state index in [1.807, 2.05) is 0 Å². The number of halogens is 1. The molecule has 0 atom stereocenters. The molecule has 3 aromatic rings. The summed E-state index contributed by atoms with van der Waals surface area (Å²) >= 11 is 1.14. The number of methoxy groups -OCH3 is 2. The van der Waals surface area contributed by atoms with Gasteiger partial charge >= 0.3 is 12.1 Å². The molecular formula is C25H26FNO6S. The molecule has 9 heteroatoms. The van der Waals surface area contributed by atoms with Crippen molar-refractivity contribution in [2.75, 3.05) is 19.5 Å². The van der Waals surface area contributed by atoms with Crippen LogP contribution >= 0.6 is 11.3 Å². The first-order chi connectivity index (χ1) is 16.1. The van der Waals surface area contributed by atoms with Crippen molar-refractivity contribution in [3.8, 4) is 22.6 Å². The summed E-state index contributed by atoms with van der Waals surface area (Å²) in [7, 11) is 3.03. The third-order valence-electron chi connectivity index (χ3n) is 4.62. The highest BCUT2D eigenvalue weighted by Gasteiger charge is 2.26. The van der Waals surface area contributed by atoms with Crippen molar-refractivity contribution >= 4 is 28.4 Å². The lowest BCUT2D eigenvalue weighted by atomic mass is 10.0. The van der Waals surface area contributed by atoms with Gasteiger partial charge in [-0.05, 0) is 44.5 Å². The number of anilines is 1. The van der Waals surface area contributed by atoms with Crippen LogP contribution in [0.5, 0.6) is 11.5 Å². The second-order valence-corrected chi connectivity index (χ2v) is 9.10. The summed E-state index contributed by atoms with van der Waals surface area (Å²) in [4.78, 5) is 25.6. The molecule has 2 aromatic carbocycles. The maximum atomic E-state index is 14.0. The molecule has 7 nitrogen and oxygen atoms in total. The van der Waals surface area contributed by atoms with Gasteiger partial charge in [-0.2, -0.15) is 0 Å². The van der Waals surface area contributed by atoms with Crippen LogP contribution in [-0.2, 0) is 16.1 Å². The van der Waals surface area contributed by atoms with Crippen LogP contribution in [-0.4, -0.2) is 31.9 Å². The molecule has 180 valence electrons. The Kier molecular flexibility index (Phi) is 7.78. The third-order valence-corrected chi connectivity index (χ3v) is 5.52. The summed E-state index contributed by atoms with van der Waals surface area (Å²) in [5.74, 6) is -0.205. The lowest BCUT2D eigenvalue weighted by molar-refractivity contribution is 0.0471. The molecule has 1 aromatic heterocycles. The number of benzene rings is 2. The average Bonchev–Trinajstić information content (AvgIpc) is 3.19. The zero-order valence-corrected chi connectivity index (χ0v) is 20.4. The van der Waals surface area contributed by atoms with Crippen molar-refractivity contribution in [2.45, 2.75) is 33.0 Å². The number of carbonyl (C=O) groups is 2. The molecule has 0 fully saturated rings. The van der Waals surface area contributed by atoms with Crippen molar-refractivity contribution < 1.29 is 32.9 Å². The number of hydrogen-bond acceptors (Lipinski definition) is 7. The second-order valence-electron chi connectivity index (χ2n) is 8.22. The van der Waals surface area contributed by atoms with E-state index in [1.54, 1.807) is 56.5 Å². The van der Waals surface area contributed by atoms with Gasteiger partial charge in [0, 0.05) is 16.5 Å². The summed E-state index contributed by atoms with van der Waals surface area (Å²) in [5, 5.41) is 4.59. The minimum Gasteiger partial charge on any atom is -0.493 e. The molecule has 0 aliphatic carbocycles. The number of carbonyl (C=O) groups excluding carboxylic acids is 2. The molecule has 0 spiro atoms. The molecule has 3 rings (SSSR count). The zero-order valence-electron chi connectivity index (χ0n) is 19.6. The molecule has 0 saturated carbocycles. The first-order valence-corrected chi connectivity index (χ1v) is 11.3. The third kappa shape index (κ3) is 6.05. The fourth-order valence-corrected chi connectivity index (χ4v) is 4.04. The minimum absolute atomic E-state index is 0.124. The van der Waals surface area contributed by atoms with E-state index in [9.17, 15) is 14.0 Å². The highest BCUT2D eigenvalue weighted by atomic mass is 32.1. The Morgan fingerprint density at radius 3 is 2.38 bits per heavy atom. The van der Waals surface area contributed by atoms with Crippen LogP contribution in [0.3, 0.4) is 0 Å². The molecule has 0 unspecified atom stereocenters. The summed E-state index contributed by atoms with van der Waals surface area (Å²) < 4.78 is 35.4. The largest absolute Gasteiger partial charge is 0.493 e. The zero-order chi connectivity index (χ0) is 24.9. The van der Waals surface area contributed by atoms with Crippen LogP contribution in [0.25, 0.3) is 11.1 Å². The Balaban J connectivity index is 1.97. The average molecular weight is 488 g/mol. The smallest absolute Gasteiger partial charge is 0.412 e. The number of thiophene rings is 1. The highest BCUT2D eigenvalue weighted by molar-refractivity contribution is 7.15. The highest BCUT2D eigenvalue weighted by Crippen LogP contribution is 2.40. The van der Waals surface area contributed by atoms with E-state index in [0.29, 0.717) is 22.6 Å². The van der Waals surface area contributed by atoms with Gasteiger partial charge in [0.15, 0.2) is 11.5 Å². The quantitative estimate of drug-likeness (QED) is 0.395. The van der Waals surface area contributed by atoms with Crippen LogP contribution in [0.2, 0.25) is 0 Å². The molecule has 1 N–H and O–H groups in total. The molecule has 0 aliphatic heterocycles. The van der Waals surface area contributed by atoms with Gasteiger partial charge in [0.05, 0.1) is 14.2 Å². The number of nitrogens with one attached hydrogen (secondary N) is 1. The van der Waals surface area contributed by atoms with Crippen LogP contribution in [0, 0.1) is 5.82 Å². The molecule has 1 heterocycles. The van der Waals surface area contributed by atoms with Crippen LogP contribution in [0.4, 0.5) is 14.2 Å². The van der Waals surface area contributed by atoms with E-state index < -0.39 is 23.5 Å². The molecule has 1 amide bonds. The molecule has 0 saturated heterocycles. The van der Waals surface area contributed by atoms with Gasteiger partial charge in [-0.25, -0.2) is 14.0 Å². The van der Waals surface area contributed by atoms with Gasteiger partial charge in [-0.1, -0.05) is 24.3 Å². The summed E-state index contributed by atoms with van der Waals surface area (Å²) in [6, 6.07) is 11.2. The van der Waals surface area contributed by atoms with Crippen LogP contribution < -0.4 is 14.8 Å². The fraction of sp³-hybridized carbons (Fsp3) is 0.280. The number of esters is 1.